The maximum absolute atomic E-state index is 11.5. The van der Waals surface area contributed by atoms with Gasteiger partial charge in [0.05, 0.1) is 6.54 Å². The molecule has 1 unspecified atom stereocenters. The predicted molar refractivity (Wildman–Crippen MR) is 64.0 cm³/mol. The Labute approximate surface area is 96.7 Å². The molecule has 0 aromatic carbocycles. The van der Waals surface area contributed by atoms with Crippen molar-refractivity contribution >= 4 is 11.8 Å². The summed E-state index contributed by atoms with van der Waals surface area (Å²) in [6.07, 6.45) is 1.67. The molecule has 16 heavy (non-hydrogen) atoms. The molecule has 0 spiro atoms. The van der Waals surface area contributed by atoms with Gasteiger partial charge >= 0.3 is 0 Å². The molecular weight excluding hydrogens is 206 g/mol. The van der Waals surface area contributed by atoms with Crippen LogP contribution in [0, 0.1) is 0 Å². The molecule has 0 fully saturated rings. The summed E-state index contributed by atoms with van der Waals surface area (Å²) < 4.78 is 0. The van der Waals surface area contributed by atoms with Gasteiger partial charge in [0, 0.05) is 12.6 Å². The highest BCUT2D eigenvalue weighted by molar-refractivity contribution is 5.88. The molecule has 5 nitrogen and oxygen atoms in total. The van der Waals surface area contributed by atoms with Crippen LogP contribution in [-0.4, -0.2) is 37.0 Å². The normalized spacial score (nSPS) is 12.0. The van der Waals surface area contributed by atoms with E-state index in [1.165, 1.54) is 0 Å². The Kier molecular flexibility index (Phi) is 7.20. The number of rotatable bonds is 7. The second-order valence-corrected chi connectivity index (χ2v) is 3.87. The lowest BCUT2D eigenvalue weighted by Gasteiger charge is -2.16. The van der Waals surface area contributed by atoms with Crippen molar-refractivity contribution in [3.8, 4) is 0 Å². The third-order valence-electron chi connectivity index (χ3n) is 1.78. The lowest BCUT2D eigenvalue weighted by Crippen LogP contribution is -2.48. The standard InChI is InChI=1S/C11H21N3O2/c1-5-6-12-7-10(15)14-9(4)11(16)13-8(2)3/h5,8-9,12H,1,6-7H2,2-4H3,(H,13,16)(H,14,15). The first-order valence-corrected chi connectivity index (χ1v) is 5.38. The molecule has 0 heterocycles. The van der Waals surface area contributed by atoms with E-state index in [1.54, 1.807) is 13.0 Å². The molecule has 0 aromatic heterocycles. The zero-order valence-corrected chi connectivity index (χ0v) is 10.2. The van der Waals surface area contributed by atoms with Crippen LogP contribution < -0.4 is 16.0 Å². The monoisotopic (exact) mass is 227 g/mol. The third kappa shape index (κ3) is 7.00. The Morgan fingerprint density at radius 3 is 2.38 bits per heavy atom. The molecule has 1 atom stereocenters. The minimum Gasteiger partial charge on any atom is -0.352 e. The van der Waals surface area contributed by atoms with Crippen molar-refractivity contribution in [3.63, 3.8) is 0 Å². The smallest absolute Gasteiger partial charge is 0.242 e. The van der Waals surface area contributed by atoms with Gasteiger partial charge in [-0.1, -0.05) is 6.08 Å². The van der Waals surface area contributed by atoms with E-state index >= 15 is 0 Å². The Balaban J connectivity index is 3.84. The van der Waals surface area contributed by atoms with E-state index in [0.29, 0.717) is 6.54 Å². The zero-order valence-electron chi connectivity index (χ0n) is 10.2. The van der Waals surface area contributed by atoms with Gasteiger partial charge in [-0.25, -0.2) is 0 Å². The number of carbonyl (C=O) groups is 2. The first-order chi connectivity index (χ1) is 7.47. The summed E-state index contributed by atoms with van der Waals surface area (Å²) >= 11 is 0. The van der Waals surface area contributed by atoms with Gasteiger partial charge in [-0.05, 0) is 20.8 Å². The maximum Gasteiger partial charge on any atom is 0.242 e. The van der Waals surface area contributed by atoms with Crippen LogP contribution in [0.4, 0.5) is 0 Å². The molecule has 0 bridgehead atoms. The molecule has 0 radical (unpaired) electrons. The van der Waals surface area contributed by atoms with Gasteiger partial charge < -0.3 is 16.0 Å². The molecule has 5 heteroatoms. The van der Waals surface area contributed by atoms with Gasteiger partial charge in [0.15, 0.2) is 0 Å². The average Bonchev–Trinajstić information content (AvgIpc) is 2.16. The first kappa shape index (κ1) is 14.6. The molecule has 2 amide bonds. The van der Waals surface area contributed by atoms with Crippen molar-refractivity contribution in [2.75, 3.05) is 13.1 Å². The van der Waals surface area contributed by atoms with Crippen LogP contribution in [-0.2, 0) is 9.59 Å². The summed E-state index contributed by atoms with van der Waals surface area (Å²) in [5.41, 5.74) is 0. The van der Waals surface area contributed by atoms with E-state index in [2.05, 4.69) is 22.5 Å². The Hall–Kier alpha value is -1.36. The van der Waals surface area contributed by atoms with Crippen LogP contribution in [0.25, 0.3) is 0 Å². The molecule has 0 aliphatic rings. The fourth-order valence-electron chi connectivity index (χ4n) is 1.06. The van der Waals surface area contributed by atoms with Gasteiger partial charge in [0.25, 0.3) is 0 Å². The summed E-state index contributed by atoms with van der Waals surface area (Å²) in [7, 11) is 0. The summed E-state index contributed by atoms with van der Waals surface area (Å²) in [5.74, 6) is -0.375. The summed E-state index contributed by atoms with van der Waals surface area (Å²) in [6.45, 7) is 9.68. The highest BCUT2D eigenvalue weighted by atomic mass is 16.2. The van der Waals surface area contributed by atoms with Crippen molar-refractivity contribution in [1.82, 2.24) is 16.0 Å². The van der Waals surface area contributed by atoms with Crippen LogP contribution in [0.3, 0.4) is 0 Å². The molecular formula is C11H21N3O2. The number of hydrogen-bond acceptors (Lipinski definition) is 3. The number of amides is 2. The van der Waals surface area contributed by atoms with Crippen LogP contribution in [0.5, 0.6) is 0 Å². The Morgan fingerprint density at radius 1 is 1.25 bits per heavy atom. The van der Waals surface area contributed by atoms with E-state index in [0.717, 1.165) is 0 Å². The fourth-order valence-corrected chi connectivity index (χ4v) is 1.06. The van der Waals surface area contributed by atoms with Crippen LogP contribution in [0.2, 0.25) is 0 Å². The van der Waals surface area contributed by atoms with Crippen molar-refractivity contribution < 1.29 is 9.59 Å². The van der Waals surface area contributed by atoms with Crippen molar-refractivity contribution in [2.24, 2.45) is 0 Å². The lowest BCUT2D eigenvalue weighted by atomic mass is 10.3. The SMILES string of the molecule is C=CCNCC(=O)NC(C)C(=O)NC(C)C. The molecule has 0 rings (SSSR count). The van der Waals surface area contributed by atoms with Crippen molar-refractivity contribution in [3.05, 3.63) is 12.7 Å². The number of nitrogens with one attached hydrogen (secondary N) is 3. The molecule has 0 aromatic rings. The van der Waals surface area contributed by atoms with Gasteiger partial charge in [0.1, 0.15) is 6.04 Å². The van der Waals surface area contributed by atoms with Gasteiger partial charge in [-0.3, -0.25) is 9.59 Å². The van der Waals surface area contributed by atoms with E-state index < -0.39 is 6.04 Å². The molecule has 0 aliphatic carbocycles. The zero-order chi connectivity index (χ0) is 12.6. The Morgan fingerprint density at radius 2 is 1.88 bits per heavy atom. The van der Waals surface area contributed by atoms with Crippen molar-refractivity contribution in [1.29, 1.82) is 0 Å². The maximum atomic E-state index is 11.5. The quantitative estimate of drug-likeness (QED) is 0.416. The van der Waals surface area contributed by atoms with Crippen LogP contribution in [0.1, 0.15) is 20.8 Å². The highest BCUT2D eigenvalue weighted by Crippen LogP contribution is 1.85. The minimum absolute atomic E-state index is 0.0748. The number of hydrogen-bond donors (Lipinski definition) is 3. The van der Waals surface area contributed by atoms with E-state index in [-0.39, 0.29) is 24.4 Å². The Bertz CT molecular complexity index is 252. The summed E-state index contributed by atoms with van der Waals surface area (Å²) in [6, 6.07) is -0.439. The van der Waals surface area contributed by atoms with Gasteiger partial charge in [-0.15, -0.1) is 6.58 Å². The summed E-state index contributed by atoms with van der Waals surface area (Å²) in [4.78, 5) is 22.8. The van der Waals surface area contributed by atoms with Gasteiger partial charge in [0.2, 0.25) is 11.8 Å². The number of carbonyl (C=O) groups excluding carboxylic acids is 2. The second-order valence-electron chi connectivity index (χ2n) is 3.87. The molecule has 0 aliphatic heterocycles. The second kappa shape index (κ2) is 7.87. The minimum atomic E-state index is -0.513. The average molecular weight is 227 g/mol. The molecule has 92 valence electrons. The van der Waals surface area contributed by atoms with E-state index in [9.17, 15) is 9.59 Å². The third-order valence-corrected chi connectivity index (χ3v) is 1.78. The van der Waals surface area contributed by atoms with Crippen LogP contribution >= 0.6 is 0 Å². The highest BCUT2D eigenvalue weighted by Gasteiger charge is 2.15. The fraction of sp³-hybridized carbons (Fsp3) is 0.636. The predicted octanol–water partition coefficient (Wildman–Crippen LogP) is -0.209. The molecule has 0 saturated heterocycles. The van der Waals surface area contributed by atoms with Gasteiger partial charge in [-0.2, -0.15) is 0 Å². The van der Waals surface area contributed by atoms with Crippen molar-refractivity contribution in [2.45, 2.75) is 32.9 Å². The lowest BCUT2D eigenvalue weighted by molar-refractivity contribution is -0.128. The largest absolute Gasteiger partial charge is 0.352 e. The molecule has 0 saturated carbocycles. The summed E-state index contributed by atoms with van der Waals surface area (Å²) in [5, 5.41) is 8.18. The molecule has 3 N–H and O–H groups in total. The van der Waals surface area contributed by atoms with E-state index in [4.69, 9.17) is 0 Å². The first-order valence-electron chi connectivity index (χ1n) is 5.38. The van der Waals surface area contributed by atoms with E-state index in [1.807, 2.05) is 13.8 Å². The van der Waals surface area contributed by atoms with Crippen LogP contribution in [0.15, 0.2) is 12.7 Å². The topological polar surface area (TPSA) is 70.2 Å².